The SMILES string of the molecule is C=CC(=O)COc1ccc(C(=O)Oc2c(C)cc(-c3cc(C)c(OC(=O)c4ccc(OCOC(=O)C=C)cc4)c(C)c3)cc2C)cc1. The molecular formula is C38H34O9. The van der Waals surface area contributed by atoms with E-state index in [1.807, 2.05) is 52.0 Å². The molecule has 0 radical (unpaired) electrons. The van der Waals surface area contributed by atoms with Gasteiger partial charge in [0, 0.05) is 6.08 Å². The molecule has 240 valence electrons. The number of ether oxygens (including phenoxy) is 5. The van der Waals surface area contributed by atoms with Gasteiger partial charge < -0.3 is 23.7 Å². The van der Waals surface area contributed by atoms with Crippen LogP contribution < -0.4 is 18.9 Å². The standard InChI is InChI=1S/C38H34O9/c1-7-31(39)21-43-32-13-9-27(10-14-32)37(41)46-35-23(3)17-29(18-24(35)4)30-19-25(5)36(26(6)20-30)47-38(42)28-11-15-33(16-12-28)44-22-45-34(40)8-2/h7-20H,1-2,21-22H2,3-6H3. The molecule has 4 rings (SSSR count). The smallest absolute Gasteiger partial charge is 0.343 e. The summed E-state index contributed by atoms with van der Waals surface area (Å²) in [6, 6.07) is 20.4. The average Bonchev–Trinajstić information content (AvgIpc) is 3.06. The van der Waals surface area contributed by atoms with Crippen LogP contribution in [-0.2, 0) is 14.3 Å². The van der Waals surface area contributed by atoms with E-state index in [4.69, 9.17) is 23.7 Å². The van der Waals surface area contributed by atoms with E-state index < -0.39 is 17.9 Å². The largest absolute Gasteiger partial charge is 0.485 e. The number of benzene rings is 4. The van der Waals surface area contributed by atoms with Gasteiger partial charge in [-0.2, -0.15) is 0 Å². The van der Waals surface area contributed by atoms with Crippen LogP contribution in [0.15, 0.2) is 98.1 Å². The minimum atomic E-state index is -0.600. The molecule has 0 saturated carbocycles. The molecule has 9 heteroatoms. The Morgan fingerprint density at radius 2 is 1.00 bits per heavy atom. The fourth-order valence-corrected chi connectivity index (χ4v) is 4.66. The maximum absolute atomic E-state index is 12.9. The third-order valence-corrected chi connectivity index (χ3v) is 7.03. The molecule has 4 aromatic carbocycles. The van der Waals surface area contributed by atoms with Crippen LogP contribution in [0.25, 0.3) is 11.1 Å². The second-order valence-corrected chi connectivity index (χ2v) is 10.6. The summed E-state index contributed by atoms with van der Waals surface area (Å²) < 4.78 is 27.0. The highest BCUT2D eigenvalue weighted by atomic mass is 16.7. The zero-order valence-electron chi connectivity index (χ0n) is 26.6. The quantitative estimate of drug-likeness (QED) is 0.0650. The number of rotatable bonds is 13. The Kier molecular flexibility index (Phi) is 11.1. The van der Waals surface area contributed by atoms with Crippen molar-refractivity contribution in [3.8, 4) is 34.1 Å². The summed E-state index contributed by atoms with van der Waals surface area (Å²) in [5, 5.41) is 0. The topological polar surface area (TPSA) is 114 Å². The lowest BCUT2D eigenvalue weighted by Crippen LogP contribution is -2.11. The molecule has 0 unspecified atom stereocenters. The first-order valence-corrected chi connectivity index (χ1v) is 14.6. The maximum Gasteiger partial charge on any atom is 0.343 e. The van der Waals surface area contributed by atoms with Crippen LogP contribution in [0.3, 0.4) is 0 Å². The number of esters is 3. The summed E-state index contributed by atoms with van der Waals surface area (Å²) in [6.45, 7) is 13.8. The highest BCUT2D eigenvalue weighted by Gasteiger charge is 2.17. The van der Waals surface area contributed by atoms with Crippen molar-refractivity contribution < 1.29 is 42.9 Å². The van der Waals surface area contributed by atoms with E-state index in [9.17, 15) is 19.2 Å². The molecule has 0 heterocycles. The van der Waals surface area contributed by atoms with Crippen LogP contribution in [0.5, 0.6) is 23.0 Å². The first kappa shape index (κ1) is 33.9. The number of carbonyl (C=O) groups is 4. The number of hydrogen-bond acceptors (Lipinski definition) is 9. The van der Waals surface area contributed by atoms with Crippen molar-refractivity contribution in [2.45, 2.75) is 27.7 Å². The van der Waals surface area contributed by atoms with Gasteiger partial charge in [0.2, 0.25) is 6.79 Å². The Labute approximate surface area is 273 Å². The molecule has 0 fully saturated rings. The Morgan fingerprint density at radius 1 is 0.596 bits per heavy atom. The maximum atomic E-state index is 12.9. The Hall–Kier alpha value is -5.96. The van der Waals surface area contributed by atoms with Crippen LogP contribution >= 0.6 is 0 Å². The fourth-order valence-electron chi connectivity index (χ4n) is 4.66. The fraction of sp³-hybridized carbons (Fsp3) is 0.158. The average molecular weight is 635 g/mol. The molecule has 0 atom stereocenters. The lowest BCUT2D eigenvalue weighted by Gasteiger charge is -2.16. The molecular weight excluding hydrogens is 600 g/mol. The van der Waals surface area contributed by atoms with Crippen molar-refractivity contribution in [2.75, 3.05) is 13.4 Å². The lowest BCUT2D eigenvalue weighted by atomic mass is 9.96. The molecule has 0 amide bonds. The molecule has 0 saturated heterocycles. The van der Waals surface area contributed by atoms with Crippen molar-refractivity contribution in [2.24, 2.45) is 0 Å². The number of hydrogen-bond donors (Lipinski definition) is 0. The number of aryl methyl sites for hydroxylation is 4. The Morgan fingerprint density at radius 3 is 1.38 bits per heavy atom. The van der Waals surface area contributed by atoms with E-state index >= 15 is 0 Å². The van der Waals surface area contributed by atoms with Crippen molar-refractivity contribution in [1.82, 2.24) is 0 Å². The van der Waals surface area contributed by atoms with Crippen LogP contribution in [0.1, 0.15) is 43.0 Å². The second-order valence-electron chi connectivity index (χ2n) is 10.6. The monoisotopic (exact) mass is 634 g/mol. The summed E-state index contributed by atoms with van der Waals surface area (Å²) in [4.78, 5) is 48.3. The first-order valence-electron chi connectivity index (χ1n) is 14.6. The van der Waals surface area contributed by atoms with E-state index in [2.05, 4.69) is 13.2 Å². The van der Waals surface area contributed by atoms with Crippen LogP contribution in [0, 0.1) is 27.7 Å². The second kappa shape index (κ2) is 15.4. The van der Waals surface area contributed by atoms with Crippen molar-refractivity contribution in [3.63, 3.8) is 0 Å². The van der Waals surface area contributed by atoms with Gasteiger partial charge in [0.1, 0.15) is 23.0 Å². The van der Waals surface area contributed by atoms with Gasteiger partial charge in [0.25, 0.3) is 0 Å². The first-order chi connectivity index (χ1) is 22.5. The predicted octanol–water partition coefficient (Wildman–Crippen LogP) is 7.23. The summed E-state index contributed by atoms with van der Waals surface area (Å²) in [6.07, 6.45) is 2.22. The van der Waals surface area contributed by atoms with E-state index in [-0.39, 0.29) is 19.2 Å². The Balaban J connectivity index is 1.43. The predicted molar refractivity (Wildman–Crippen MR) is 176 cm³/mol. The van der Waals surface area contributed by atoms with Gasteiger partial charge in [-0.25, -0.2) is 14.4 Å². The highest BCUT2D eigenvalue weighted by molar-refractivity contribution is 5.93. The van der Waals surface area contributed by atoms with Crippen molar-refractivity contribution in [1.29, 1.82) is 0 Å². The molecule has 0 aromatic heterocycles. The van der Waals surface area contributed by atoms with Gasteiger partial charge in [-0.05, 0) is 140 Å². The summed E-state index contributed by atoms with van der Waals surface area (Å²) in [7, 11) is 0. The van der Waals surface area contributed by atoms with E-state index in [1.165, 1.54) is 6.08 Å². The van der Waals surface area contributed by atoms with Gasteiger partial charge in [0.05, 0.1) is 11.1 Å². The van der Waals surface area contributed by atoms with Gasteiger partial charge in [-0.1, -0.05) is 13.2 Å². The van der Waals surface area contributed by atoms with E-state index in [0.29, 0.717) is 34.1 Å². The summed E-state index contributed by atoms with van der Waals surface area (Å²) in [5.74, 6) is -0.112. The van der Waals surface area contributed by atoms with E-state index in [0.717, 1.165) is 39.5 Å². The van der Waals surface area contributed by atoms with Gasteiger partial charge in [-0.15, -0.1) is 0 Å². The van der Waals surface area contributed by atoms with Crippen molar-refractivity contribution >= 4 is 23.7 Å². The minimum Gasteiger partial charge on any atom is -0.485 e. The van der Waals surface area contributed by atoms with Crippen LogP contribution in [-0.4, -0.2) is 37.1 Å². The highest BCUT2D eigenvalue weighted by Crippen LogP contribution is 2.35. The van der Waals surface area contributed by atoms with Crippen molar-refractivity contribution in [3.05, 3.63) is 131 Å². The third-order valence-electron chi connectivity index (χ3n) is 7.03. The molecule has 0 aliphatic rings. The third kappa shape index (κ3) is 8.82. The molecule has 0 spiro atoms. The minimum absolute atomic E-state index is 0.129. The zero-order chi connectivity index (χ0) is 34.1. The molecule has 47 heavy (non-hydrogen) atoms. The normalized spacial score (nSPS) is 10.4. The Bertz CT molecular complexity index is 1790. The molecule has 0 bridgehead atoms. The molecule has 0 aliphatic carbocycles. The molecule has 0 aliphatic heterocycles. The summed E-state index contributed by atoms with van der Waals surface area (Å²) >= 11 is 0. The molecule has 9 nitrogen and oxygen atoms in total. The molecule has 0 N–H and O–H groups in total. The number of carbonyl (C=O) groups excluding carboxylic acids is 4. The molecule has 4 aromatic rings. The van der Waals surface area contributed by atoms with Gasteiger partial charge in [0.15, 0.2) is 12.4 Å². The lowest BCUT2D eigenvalue weighted by molar-refractivity contribution is -0.144. The van der Waals surface area contributed by atoms with Crippen LogP contribution in [0.2, 0.25) is 0 Å². The zero-order valence-corrected chi connectivity index (χ0v) is 26.6. The van der Waals surface area contributed by atoms with E-state index in [1.54, 1.807) is 48.5 Å². The van der Waals surface area contributed by atoms with Gasteiger partial charge >= 0.3 is 17.9 Å². The van der Waals surface area contributed by atoms with Gasteiger partial charge in [-0.3, -0.25) is 4.79 Å². The summed E-state index contributed by atoms with van der Waals surface area (Å²) in [5.41, 5.74) is 5.56. The number of ketones is 1. The van der Waals surface area contributed by atoms with Crippen LogP contribution in [0.4, 0.5) is 0 Å².